The molecule has 0 radical (unpaired) electrons. The van der Waals surface area contributed by atoms with E-state index in [1.165, 1.54) is 5.56 Å². The van der Waals surface area contributed by atoms with Crippen molar-refractivity contribution < 1.29 is 19.1 Å². The minimum absolute atomic E-state index is 0.0389. The second kappa shape index (κ2) is 12.5. The molecule has 0 aromatic heterocycles. The first-order valence-corrected chi connectivity index (χ1v) is 10.7. The Hall–Kier alpha value is -3.13. The van der Waals surface area contributed by atoms with Gasteiger partial charge in [0.15, 0.2) is 11.7 Å². The van der Waals surface area contributed by atoms with Crippen LogP contribution in [0.25, 0.3) is 0 Å². The Bertz CT molecular complexity index is 885. The molecule has 0 fully saturated rings. The molecule has 3 N–H and O–H groups in total. The van der Waals surface area contributed by atoms with Gasteiger partial charge < -0.3 is 9.47 Å². The lowest BCUT2D eigenvalue weighted by Gasteiger charge is -2.13. The van der Waals surface area contributed by atoms with E-state index < -0.39 is 11.8 Å². The molecule has 0 unspecified atom stereocenters. The maximum Gasteiger partial charge on any atom is 0.276 e. The van der Waals surface area contributed by atoms with E-state index >= 15 is 0 Å². The third-order valence-electron chi connectivity index (χ3n) is 4.35. The number of carbonyl (C=O) groups excluding carboxylic acids is 2. The third kappa shape index (κ3) is 8.25. The van der Waals surface area contributed by atoms with Crippen LogP contribution in [0.5, 0.6) is 11.5 Å². The molecule has 0 saturated carbocycles. The van der Waals surface area contributed by atoms with E-state index in [-0.39, 0.29) is 11.7 Å². The predicted octanol–water partition coefficient (Wildman–Crippen LogP) is 3.70. The highest BCUT2D eigenvalue weighted by Gasteiger charge is 2.14. The molecular weight excluding hydrogens is 414 g/mol. The number of rotatable bonds is 9. The maximum absolute atomic E-state index is 12.5. The van der Waals surface area contributed by atoms with Crippen LogP contribution in [-0.2, 0) is 4.79 Å². The van der Waals surface area contributed by atoms with Crippen LogP contribution in [0.2, 0.25) is 0 Å². The number of thiocarbonyl (C=S) groups is 1. The normalized spacial score (nSPS) is 10.3. The van der Waals surface area contributed by atoms with Crippen LogP contribution in [0.15, 0.2) is 48.5 Å². The second-order valence-corrected chi connectivity index (χ2v) is 7.58. The lowest BCUT2D eigenvalue weighted by molar-refractivity contribution is -0.123. The van der Waals surface area contributed by atoms with Gasteiger partial charge >= 0.3 is 0 Å². The number of carbonyl (C=O) groups is 2. The first-order valence-electron chi connectivity index (χ1n) is 10.3. The van der Waals surface area contributed by atoms with E-state index in [0.29, 0.717) is 29.6 Å². The first kappa shape index (κ1) is 24.1. The minimum Gasteiger partial charge on any atom is -0.493 e. The van der Waals surface area contributed by atoms with Crippen molar-refractivity contribution in [3.63, 3.8) is 0 Å². The Morgan fingerprint density at radius 1 is 1.00 bits per heavy atom. The van der Waals surface area contributed by atoms with Crippen LogP contribution in [0.4, 0.5) is 0 Å². The van der Waals surface area contributed by atoms with Crippen molar-refractivity contribution in [2.45, 2.75) is 39.5 Å². The molecule has 2 aromatic carbocycles. The molecule has 0 bridgehead atoms. The average molecular weight is 444 g/mol. The summed E-state index contributed by atoms with van der Waals surface area (Å²) in [6.07, 6.45) is 1.89. The second-order valence-electron chi connectivity index (χ2n) is 7.17. The van der Waals surface area contributed by atoms with Crippen molar-refractivity contribution in [1.82, 2.24) is 16.2 Å². The van der Waals surface area contributed by atoms with Crippen LogP contribution < -0.4 is 25.6 Å². The monoisotopic (exact) mass is 443 g/mol. The fraction of sp³-hybridized carbons (Fsp3) is 0.348. The van der Waals surface area contributed by atoms with Crippen LogP contribution in [0.1, 0.15) is 55.5 Å². The zero-order valence-corrected chi connectivity index (χ0v) is 18.9. The van der Waals surface area contributed by atoms with Gasteiger partial charge in [-0.3, -0.25) is 25.8 Å². The number of ether oxygens (including phenoxy) is 2. The highest BCUT2D eigenvalue weighted by Crippen LogP contribution is 2.19. The molecule has 0 spiro atoms. The molecule has 166 valence electrons. The number of hydrazine groups is 1. The van der Waals surface area contributed by atoms with Gasteiger partial charge in [-0.15, -0.1) is 0 Å². The summed E-state index contributed by atoms with van der Waals surface area (Å²) in [5.74, 6) is 0.632. The molecule has 0 saturated heterocycles. The Balaban J connectivity index is 1.77. The lowest BCUT2D eigenvalue weighted by Crippen LogP contribution is -2.49. The molecule has 0 heterocycles. The van der Waals surface area contributed by atoms with Gasteiger partial charge in [-0.25, -0.2) is 0 Å². The van der Waals surface area contributed by atoms with E-state index in [1.807, 2.05) is 24.3 Å². The van der Waals surface area contributed by atoms with Crippen molar-refractivity contribution in [2.24, 2.45) is 0 Å². The van der Waals surface area contributed by atoms with Crippen LogP contribution in [-0.4, -0.2) is 30.1 Å². The zero-order valence-electron chi connectivity index (χ0n) is 18.1. The average Bonchev–Trinajstić information content (AvgIpc) is 2.77. The molecule has 0 aliphatic rings. The van der Waals surface area contributed by atoms with E-state index in [1.54, 1.807) is 24.3 Å². The third-order valence-corrected chi connectivity index (χ3v) is 4.55. The SMILES string of the molecule is CCCCOc1ccccc1C(=O)NC(=S)NNC(=O)COc1ccc(C(C)C)cc1. The Morgan fingerprint density at radius 2 is 1.71 bits per heavy atom. The van der Waals surface area contributed by atoms with Crippen molar-refractivity contribution in [1.29, 1.82) is 0 Å². The van der Waals surface area contributed by atoms with Gasteiger partial charge in [-0.2, -0.15) is 0 Å². The van der Waals surface area contributed by atoms with Gasteiger partial charge in [0.25, 0.3) is 11.8 Å². The standard InChI is InChI=1S/C23H29N3O4S/c1-4-5-14-29-20-9-7-6-8-19(20)22(28)24-23(31)26-25-21(27)15-30-18-12-10-17(11-13-18)16(2)3/h6-13,16H,4-5,14-15H2,1-3H3,(H,25,27)(H2,24,26,28,31). The topological polar surface area (TPSA) is 88.7 Å². The number of unbranched alkanes of at least 4 members (excludes halogenated alkanes) is 1. The maximum atomic E-state index is 12.5. The summed E-state index contributed by atoms with van der Waals surface area (Å²) in [4.78, 5) is 24.4. The zero-order chi connectivity index (χ0) is 22.6. The molecule has 0 aliphatic carbocycles. The molecule has 31 heavy (non-hydrogen) atoms. The summed E-state index contributed by atoms with van der Waals surface area (Å²) >= 11 is 5.08. The minimum atomic E-state index is -0.437. The fourth-order valence-electron chi connectivity index (χ4n) is 2.57. The Kier molecular flexibility index (Phi) is 9.77. The van der Waals surface area contributed by atoms with E-state index in [9.17, 15) is 9.59 Å². The van der Waals surface area contributed by atoms with Crippen LogP contribution >= 0.6 is 12.2 Å². The van der Waals surface area contributed by atoms with E-state index in [4.69, 9.17) is 21.7 Å². The van der Waals surface area contributed by atoms with Gasteiger partial charge in [-0.05, 0) is 54.4 Å². The molecule has 2 rings (SSSR count). The quantitative estimate of drug-likeness (QED) is 0.311. The van der Waals surface area contributed by atoms with Gasteiger partial charge in [0.1, 0.15) is 11.5 Å². The van der Waals surface area contributed by atoms with Crippen molar-refractivity contribution in [2.75, 3.05) is 13.2 Å². The smallest absolute Gasteiger partial charge is 0.276 e. The van der Waals surface area contributed by atoms with E-state index in [0.717, 1.165) is 12.8 Å². The number of benzene rings is 2. The Morgan fingerprint density at radius 3 is 2.39 bits per heavy atom. The molecular formula is C23H29N3O4S. The largest absolute Gasteiger partial charge is 0.493 e. The van der Waals surface area contributed by atoms with E-state index in [2.05, 4.69) is 36.9 Å². The fourth-order valence-corrected chi connectivity index (χ4v) is 2.71. The van der Waals surface area contributed by atoms with Crippen molar-refractivity contribution in [3.8, 4) is 11.5 Å². The van der Waals surface area contributed by atoms with Crippen LogP contribution in [0, 0.1) is 0 Å². The number of nitrogens with one attached hydrogen (secondary N) is 3. The lowest BCUT2D eigenvalue weighted by atomic mass is 10.0. The van der Waals surface area contributed by atoms with Crippen molar-refractivity contribution >= 4 is 29.1 Å². The van der Waals surface area contributed by atoms with Crippen LogP contribution in [0.3, 0.4) is 0 Å². The number of para-hydroxylation sites is 1. The summed E-state index contributed by atoms with van der Waals surface area (Å²) < 4.78 is 11.1. The number of hydrogen-bond donors (Lipinski definition) is 3. The summed E-state index contributed by atoms with van der Waals surface area (Å²) in [6, 6.07) is 14.5. The highest BCUT2D eigenvalue weighted by molar-refractivity contribution is 7.80. The first-order chi connectivity index (χ1) is 14.9. The highest BCUT2D eigenvalue weighted by atomic mass is 32.1. The van der Waals surface area contributed by atoms with Gasteiger partial charge in [0, 0.05) is 0 Å². The number of hydrogen-bond acceptors (Lipinski definition) is 5. The summed E-state index contributed by atoms with van der Waals surface area (Å²) in [6.45, 7) is 6.61. The van der Waals surface area contributed by atoms with Gasteiger partial charge in [-0.1, -0.05) is 51.5 Å². The summed E-state index contributed by atoms with van der Waals surface area (Å²) in [5, 5.41) is 2.48. The number of amides is 2. The predicted molar refractivity (Wildman–Crippen MR) is 124 cm³/mol. The van der Waals surface area contributed by atoms with Gasteiger partial charge in [0.05, 0.1) is 12.2 Å². The molecule has 2 amide bonds. The van der Waals surface area contributed by atoms with Crippen molar-refractivity contribution in [3.05, 3.63) is 59.7 Å². The Labute approximate surface area is 188 Å². The molecule has 0 atom stereocenters. The summed E-state index contributed by atoms with van der Waals surface area (Å²) in [5.41, 5.74) is 6.44. The van der Waals surface area contributed by atoms with Gasteiger partial charge in [0.2, 0.25) is 0 Å². The molecule has 2 aromatic rings. The molecule has 7 nitrogen and oxygen atoms in total. The molecule has 8 heteroatoms. The summed E-state index contributed by atoms with van der Waals surface area (Å²) in [7, 11) is 0. The molecule has 0 aliphatic heterocycles.